The molecule has 0 bridgehead atoms. The molecule has 0 radical (unpaired) electrons. The van der Waals surface area contributed by atoms with Gasteiger partial charge in [-0.1, -0.05) is 23.7 Å². The van der Waals surface area contributed by atoms with Crippen molar-refractivity contribution < 1.29 is 13.2 Å². The van der Waals surface area contributed by atoms with Crippen molar-refractivity contribution in [2.24, 2.45) is 5.14 Å². The van der Waals surface area contributed by atoms with Crippen molar-refractivity contribution in [1.29, 1.82) is 0 Å². The van der Waals surface area contributed by atoms with Crippen LogP contribution in [0.15, 0.2) is 51.8 Å². The molecule has 2 rings (SSSR count). The van der Waals surface area contributed by atoms with Gasteiger partial charge in [0.1, 0.15) is 12.4 Å². The largest absolute Gasteiger partial charge is 0.488 e. The average Bonchev–Trinajstić information content (AvgIpc) is 2.36. The monoisotopic (exact) mass is 375 g/mol. The molecule has 0 fully saturated rings. The van der Waals surface area contributed by atoms with Gasteiger partial charge in [-0.15, -0.1) is 0 Å². The van der Waals surface area contributed by atoms with Gasteiger partial charge in [-0.05, 0) is 51.8 Å². The molecule has 0 atom stereocenters. The Morgan fingerprint density at radius 2 is 1.95 bits per heavy atom. The minimum absolute atomic E-state index is 0.0273. The minimum atomic E-state index is -3.72. The van der Waals surface area contributed by atoms with Crippen molar-refractivity contribution in [3.05, 3.63) is 57.5 Å². The zero-order valence-electron chi connectivity index (χ0n) is 10.2. The van der Waals surface area contributed by atoms with E-state index in [9.17, 15) is 8.42 Å². The molecule has 0 saturated heterocycles. The van der Waals surface area contributed by atoms with Gasteiger partial charge in [0.2, 0.25) is 10.0 Å². The lowest BCUT2D eigenvalue weighted by atomic mass is 10.2. The zero-order valence-corrected chi connectivity index (χ0v) is 13.4. The molecule has 106 valence electrons. The summed E-state index contributed by atoms with van der Waals surface area (Å²) in [6, 6.07) is 11.7. The lowest BCUT2D eigenvalue weighted by Crippen LogP contribution is -2.12. The van der Waals surface area contributed by atoms with E-state index in [0.29, 0.717) is 21.9 Å². The van der Waals surface area contributed by atoms with Crippen LogP contribution in [0.1, 0.15) is 5.56 Å². The fourth-order valence-electron chi connectivity index (χ4n) is 1.56. The molecule has 0 aliphatic rings. The van der Waals surface area contributed by atoms with E-state index in [1.165, 1.54) is 12.1 Å². The van der Waals surface area contributed by atoms with Crippen molar-refractivity contribution in [1.82, 2.24) is 0 Å². The molecule has 20 heavy (non-hydrogen) atoms. The first-order chi connectivity index (χ1) is 9.36. The van der Waals surface area contributed by atoms with Crippen LogP contribution in [-0.4, -0.2) is 8.42 Å². The Morgan fingerprint density at radius 1 is 1.20 bits per heavy atom. The standard InChI is InChI=1S/C13H11BrClNO3S/c14-12-7-11(20(16,17)18)4-5-13(12)19-8-9-2-1-3-10(15)6-9/h1-7H,8H2,(H2,16,17,18). The van der Waals surface area contributed by atoms with Crippen LogP contribution in [-0.2, 0) is 16.6 Å². The second-order valence-electron chi connectivity index (χ2n) is 4.06. The summed E-state index contributed by atoms with van der Waals surface area (Å²) in [4.78, 5) is 0.0273. The predicted molar refractivity (Wildman–Crippen MR) is 81.3 cm³/mol. The molecular weight excluding hydrogens is 366 g/mol. The summed E-state index contributed by atoms with van der Waals surface area (Å²) in [5.41, 5.74) is 0.917. The smallest absolute Gasteiger partial charge is 0.238 e. The van der Waals surface area contributed by atoms with Crippen LogP contribution in [0.3, 0.4) is 0 Å². The van der Waals surface area contributed by atoms with E-state index in [1.807, 2.05) is 12.1 Å². The lowest BCUT2D eigenvalue weighted by Gasteiger charge is -2.09. The van der Waals surface area contributed by atoms with E-state index in [0.717, 1.165) is 5.56 Å². The van der Waals surface area contributed by atoms with Gasteiger partial charge in [0.25, 0.3) is 0 Å². The van der Waals surface area contributed by atoms with Crippen molar-refractivity contribution >= 4 is 37.6 Å². The molecule has 7 heteroatoms. The van der Waals surface area contributed by atoms with E-state index < -0.39 is 10.0 Å². The minimum Gasteiger partial charge on any atom is -0.488 e. The molecule has 0 unspecified atom stereocenters. The maximum Gasteiger partial charge on any atom is 0.238 e. The number of primary sulfonamides is 1. The molecule has 2 aromatic rings. The molecule has 2 aromatic carbocycles. The number of hydrogen-bond acceptors (Lipinski definition) is 3. The summed E-state index contributed by atoms with van der Waals surface area (Å²) in [7, 11) is -3.72. The molecule has 2 N–H and O–H groups in total. The lowest BCUT2D eigenvalue weighted by molar-refractivity contribution is 0.304. The van der Waals surface area contributed by atoms with Crippen LogP contribution in [0.2, 0.25) is 5.02 Å². The number of ether oxygens (including phenoxy) is 1. The van der Waals surface area contributed by atoms with Crippen LogP contribution in [0.5, 0.6) is 5.75 Å². The number of hydrogen-bond donors (Lipinski definition) is 1. The van der Waals surface area contributed by atoms with E-state index in [4.69, 9.17) is 21.5 Å². The Labute approximate surface area is 130 Å². The number of rotatable bonds is 4. The van der Waals surface area contributed by atoms with Gasteiger partial charge >= 0.3 is 0 Å². The van der Waals surface area contributed by atoms with E-state index in [-0.39, 0.29) is 4.90 Å². The average molecular weight is 377 g/mol. The first-order valence-corrected chi connectivity index (χ1v) is 8.27. The normalized spacial score (nSPS) is 11.3. The fourth-order valence-corrected chi connectivity index (χ4v) is 2.96. The fraction of sp³-hybridized carbons (Fsp3) is 0.0769. The topological polar surface area (TPSA) is 69.4 Å². The van der Waals surface area contributed by atoms with Crippen LogP contribution >= 0.6 is 27.5 Å². The van der Waals surface area contributed by atoms with Gasteiger partial charge in [0.05, 0.1) is 9.37 Å². The highest BCUT2D eigenvalue weighted by atomic mass is 79.9. The molecule has 4 nitrogen and oxygen atoms in total. The summed E-state index contributed by atoms with van der Waals surface area (Å²) in [5.74, 6) is 0.525. The van der Waals surface area contributed by atoms with Gasteiger partial charge in [0, 0.05) is 5.02 Å². The molecular formula is C13H11BrClNO3S. The third kappa shape index (κ3) is 3.96. The Morgan fingerprint density at radius 3 is 2.55 bits per heavy atom. The van der Waals surface area contributed by atoms with Gasteiger partial charge in [-0.25, -0.2) is 13.6 Å². The molecule has 0 heterocycles. The Kier molecular flexibility index (Phi) is 4.70. The molecule has 0 spiro atoms. The maximum absolute atomic E-state index is 11.2. The van der Waals surface area contributed by atoms with Crippen molar-refractivity contribution in [3.63, 3.8) is 0 Å². The van der Waals surface area contributed by atoms with Gasteiger partial charge in [-0.2, -0.15) is 0 Å². The zero-order chi connectivity index (χ0) is 14.8. The van der Waals surface area contributed by atoms with Gasteiger partial charge in [0.15, 0.2) is 0 Å². The van der Waals surface area contributed by atoms with Crippen LogP contribution in [0, 0.1) is 0 Å². The van der Waals surface area contributed by atoms with Crippen LogP contribution < -0.4 is 9.88 Å². The number of halogens is 2. The second kappa shape index (κ2) is 6.13. The highest BCUT2D eigenvalue weighted by molar-refractivity contribution is 9.10. The number of nitrogens with two attached hydrogens (primary N) is 1. The first kappa shape index (κ1) is 15.3. The Balaban J connectivity index is 2.15. The van der Waals surface area contributed by atoms with Crippen molar-refractivity contribution in [2.45, 2.75) is 11.5 Å². The summed E-state index contributed by atoms with van der Waals surface area (Å²) in [5, 5.41) is 5.69. The Hall–Kier alpha value is -1.08. The molecule has 0 saturated carbocycles. The van der Waals surface area contributed by atoms with Gasteiger partial charge < -0.3 is 4.74 Å². The van der Waals surface area contributed by atoms with E-state index in [1.54, 1.807) is 18.2 Å². The SMILES string of the molecule is NS(=O)(=O)c1ccc(OCc2cccc(Cl)c2)c(Br)c1. The quantitative estimate of drug-likeness (QED) is 0.890. The molecule has 0 aliphatic carbocycles. The third-order valence-electron chi connectivity index (χ3n) is 2.52. The predicted octanol–water partition coefficient (Wildman–Crippen LogP) is 3.33. The summed E-state index contributed by atoms with van der Waals surface area (Å²) in [6.07, 6.45) is 0. The third-order valence-corrected chi connectivity index (χ3v) is 4.28. The number of benzene rings is 2. The maximum atomic E-state index is 11.2. The molecule has 0 aliphatic heterocycles. The van der Waals surface area contributed by atoms with Crippen LogP contribution in [0.4, 0.5) is 0 Å². The highest BCUT2D eigenvalue weighted by Crippen LogP contribution is 2.28. The summed E-state index contributed by atoms with van der Waals surface area (Å²) < 4.78 is 28.6. The van der Waals surface area contributed by atoms with E-state index in [2.05, 4.69) is 15.9 Å². The van der Waals surface area contributed by atoms with Gasteiger partial charge in [-0.3, -0.25) is 0 Å². The molecule has 0 amide bonds. The Bertz CT molecular complexity index is 734. The van der Waals surface area contributed by atoms with Crippen molar-refractivity contribution in [2.75, 3.05) is 0 Å². The van der Waals surface area contributed by atoms with E-state index >= 15 is 0 Å². The second-order valence-corrected chi connectivity index (χ2v) is 6.91. The summed E-state index contributed by atoms with van der Waals surface area (Å²) in [6.45, 7) is 0.327. The first-order valence-electron chi connectivity index (χ1n) is 5.56. The van der Waals surface area contributed by atoms with Crippen molar-refractivity contribution in [3.8, 4) is 5.75 Å². The highest BCUT2D eigenvalue weighted by Gasteiger charge is 2.11. The number of sulfonamides is 1. The van der Waals surface area contributed by atoms with Crippen LogP contribution in [0.25, 0.3) is 0 Å². The summed E-state index contributed by atoms with van der Waals surface area (Å²) >= 11 is 9.14. The molecule has 0 aromatic heterocycles.